The van der Waals surface area contributed by atoms with Crippen molar-refractivity contribution in [1.82, 2.24) is 4.98 Å². The van der Waals surface area contributed by atoms with Gasteiger partial charge in [-0.2, -0.15) is 0 Å². The fraction of sp³-hybridized carbons (Fsp3) is 0.176. The van der Waals surface area contributed by atoms with Crippen LogP contribution >= 0.6 is 11.3 Å². The van der Waals surface area contributed by atoms with E-state index in [1.54, 1.807) is 18.2 Å². The second-order valence-electron chi connectivity index (χ2n) is 5.72. The summed E-state index contributed by atoms with van der Waals surface area (Å²) in [6.45, 7) is 0. The van der Waals surface area contributed by atoms with Crippen molar-refractivity contribution in [1.29, 1.82) is 0 Å². The molecule has 0 atom stereocenters. The van der Waals surface area contributed by atoms with Gasteiger partial charge in [-0.3, -0.25) is 4.79 Å². The average molecular weight is 357 g/mol. The summed E-state index contributed by atoms with van der Waals surface area (Å²) < 4.78 is 20.2. The average Bonchev–Trinajstić information content (AvgIpc) is 3.38. The molecular weight excluding hydrogens is 345 g/mol. The number of carbonyl (C=O) groups excluding carboxylic acids is 1. The third-order valence-corrected chi connectivity index (χ3v) is 4.72. The van der Waals surface area contributed by atoms with Crippen molar-refractivity contribution >= 4 is 38.3 Å². The number of anilines is 1. The topological polar surface area (TPSA) is 80.7 Å². The summed E-state index contributed by atoms with van der Waals surface area (Å²) in [7, 11) is 0. The molecule has 1 fully saturated rings. The Bertz CT molecular complexity index is 984. The molecule has 1 heterocycles. The van der Waals surface area contributed by atoms with Crippen LogP contribution in [-0.4, -0.2) is 10.9 Å². The van der Waals surface area contributed by atoms with E-state index in [0.29, 0.717) is 10.9 Å². The van der Waals surface area contributed by atoms with Crippen LogP contribution in [0.2, 0.25) is 0 Å². The highest BCUT2D eigenvalue weighted by molar-refractivity contribution is 7.22. The summed E-state index contributed by atoms with van der Waals surface area (Å²) >= 11 is 1.33. The molecule has 8 heteroatoms. The zero-order chi connectivity index (χ0) is 17.4. The number of carbonyl (C=O) groups is 1. The molecule has 1 aliphatic carbocycles. The van der Waals surface area contributed by atoms with Crippen LogP contribution in [0.3, 0.4) is 0 Å². The van der Waals surface area contributed by atoms with Crippen molar-refractivity contribution in [3.63, 3.8) is 0 Å². The third kappa shape index (κ3) is 3.34. The van der Waals surface area contributed by atoms with Gasteiger partial charge >= 0.3 is 0 Å². The van der Waals surface area contributed by atoms with Gasteiger partial charge in [-0.25, -0.2) is 9.37 Å². The molecule has 1 aromatic heterocycles. The van der Waals surface area contributed by atoms with E-state index in [1.807, 2.05) is 0 Å². The molecule has 0 saturated heterocycles. The lowest BCUT2D eigenvalue weighted by Crippen LogP contribution is -2.12. The van der Waals surface area contributed by atoms with Crippen LogP contribution in [0.5, 0.6) is 11.5 Å². The fourth-order valence-electron chi connectivity index (χ4n) is 2.33. The molecule has 126 valence electrons. The molecule has 1 aliphatic rings. The number of benzene rings is 2. The quantitative estimate of drug-likeness (QED) is 0.653. The highest BCUT2D eigenvalue weighted by atomic mass is 32.1. The van der Waals surface area contributed by atoms with Gasteiger partial charge in [0.2, 0.25) is 5.91 Å². The molecule has 25 heavy (non-hydrogen) atoms. The van der Waals surface area contributed by atoms with Gasteiger partial charge in [-0.05, 0) is 42.3 Å². The number of hydrogen-bond donors (Lipinski definition) is 1. The Morgan fingerprint density at radius 1 is 1.28 bits per heavy atom. The Morgan fingerprint density at radius 3 is 2.84 bits per heavy atom. The predicted octanol–water partition coefficient (Wildman–Crippen LogP) is 4.97. The van der Waals surface area contributed by atoms with E-state index in [0.717, 1.165) is 29.1 Å². The van der Waals surface area contributed by atoms with E-state index in [2.05, 4.69) is 15.5 Å². The highest BCUT2D eigenvalue weighted by Gasteiger charge is 2.30. The zero-order valence-electron chi connectivity index (χ0n) is 12.9. The summed E-state index contributed by atoms with van der Waals surface area (Å²) in [5, 5.41) is 6.03. The van der Waals surface area contributed by atoms with Crippen molar-refractivity contribution in [2.45, 2.75) is 12.8 Å². The maximum Gasteiger partial charge on any atom is 0.229 e. The minimum Gasteiger partial charge on any atom is -0.454 e. The molecule has 4 rings (SSSR count). The van der Waals surface area contributed by atoms with Crippen LogP contribution in [0.15, 0.2) is 41.6 Å². The number of rotatable bonds is 5. The Balaban J connectivity index is 1.56. The summed E-state index contributed by atoms with van der Waals surface area (Å²) in [4.78, 5) is 26.6. The summed E-state index contributed by atoms with van der Waals surface area (Å²) in [5.74, 6) is -0.126. The first-order valence-corrected chi connectivity index (χ1v) is 8.46. The Kier molecular flexibility index (Phi) is 3.89. The van der Waals surface area contributed by atoms with Crippen molar-refractivity contribution in [3.8, 4) is 11.5 Å². The van der Waals surface area contributed by atoms with Gasteiger partial charge in [0.25, 0.3) is 0 Å². The first kappa shape index (κ1) is 15.6. The number of fused-ring (bicyclic) bond motifs is 1. The minimum absolute atomic E-state index is 0.00111. The number of amides is 1. The van der Waals surface area contributed by atoms with Gasteiger partial charge in [-0.15, -0.1) is 4.91 Å². The maximum atomic E-state index is 13.9. The van der Waals surface area contributed by atoms with Gasteiger partial charge in [-0.1, -0.05) is 11.3 Å². The molecule has 2 aromatic carbocycles. The molecule has 0 radical (unpaired) electrons. The lowest BCUT2D eigenvalue weighted by atomic mass is 10.3. The fourth-order valence-corrected chi connectivity index (χ4v) is 3.23. The number of nitrogens with zero attached hydrogens (tertiary/aromatic N) is 2. The summed E-state index contributed by atoms with van der Waals surface area (Å²) in [5.41, 5.74) is 0.725. The van der Waals surface area contributed by atoms with Crippen LogP contribution in [0.25, 0.3) is 10.2 Å². The van der Waals surface area contributed by atoms with Crippen LogP contribution in [0.1, 0.15) is 12.8 Å². The molecule has 0 bridgehead atoms. The highest BCUT2D eigenvalue weighted by Crippen LogP contribution is 2.34. The molecule has 1 saturated carbocycles. The van der Waals surface area contributed by atoms with E-state index < -0.39 is 5.82 Å². The lowest BCUT2D eigenvalue weighted by molar-refractivity contribution is -0.117. The van der Waals surface area contributed by atoms with E-state index in [1.165, 1.54) is 23.5 Å². The zero-order valence-corrected chi connectivity index (χ0v) is 13.7. The Morgan fingerprint density at radius 2 is 2.12 bits per heavy atom. The summed E-state index contributed by atoms with van der Waals surface area (Å²) in [6.07, 6.45) is 1.86. The lowest BCUT2D eigenvalue weighted by Gasteiger charge is -2.06. The normalized spacial score (nSPS) is 13.6. The summed E-state index contributed by atoms with van der Waals surface area (Å²) in [6, 6.07) is 8.88. The molecule has 0 aliphatic heterocycles. The van der Waals surface area contributed by atoms with Crippen LogP contribution in [0.4, 0.5) is 15.2 Å². The number of halogens is 1. The first-order valence-electron chi connectivity index (χ1n) is 7.64. The standard InChI is InChI=1S/C17H12FN3O3S/c18-12-7-10(21-23)3-6-14(12)24-11-4-5-13-15(8-11)25-17(19-13)20-16(22)9-1-2-9/h3-9H,1-2H2,(H,19,20,22). The monoisotopic (exact) mass is 357 g/mol. The van der Waals surface area contributed by atoms with E-state index in [4.69, 9.17) is 4.74 Å². The largest absolute Gasteiger partial charge is 0.454 e. The number of ether oxygens (including phenoxy) is 1. The molecular formula is C17H12FN3O3S. The van der Waals surface area contributed by atoms with Gasteiger partial charge in [0.1, 0.15) is 11.4 Å². The van der Waals surface area contributed by atoms with Crippen molar-refractivity contribution in [2.24, 2.45) is 11.1 Å². The van der Waals surface area contributed by atoms with Crippen molar-refractivity contribution in [2.75, 3.05) is 5.32 Å². The Hall–Kier alpha value is -2.87. The molecule has 1 amide bonds. The van der Waals surface area contributed by atoms with Gasteiger partial charge in [0.05, 0.1) is 10.2 Å². The van der Waals surface area contributed by atoms with Crippen molar-refractivity contribution in [3.05, 3.63) is 47.1 Å². The predicted molar refractivity (Wildman–Crippen MR) is 92.9 cm³/mol. The van der Waals surface area contributed by atoms with Crippen LogP contribution in [0, 0.1) is 16.6 Å². The minimum atomic E-state index is -0.668. The maximum absolute atomic E-state index is 13.9. The van der Waals surface area contributed by atoms with E-state index >= 15 is 0 Å². The van der Waals surface area contributed by atoms with Gasteiger partial charge < -0.3 is 10.1 Å². The van der Waals surface area contributed by atoms with Gasteiger partial charge in [0, 0.05) is 18.1 Å². The van der Waals surface area contributed by atoms with Gasteiger partial charge in [0.15, 0.2) is 16.7 Å². The Labute approximate surface area is 145 Å². The number of thiazole rings is 1. The second kappa shape index (κ2) is 6.21. The third-order valence-electron chi connectivity index (χ3n) is 3.79. The van der Waals surface area contributed by atoms with Crippen LogP contribution in [-0.2, 0) is 4.79 Å². The van der Waals surface area contributed by atoms with E-state index in [-0.39, 0.29) is 23.3 Å². The number of aromatic nitrogens is 1. The smallest absolute Gasteiger partial charge is 0.229 e. The number of nitrogens with one attached hydrogen (secondary N) is 1. The molecule has 0 spiro atoms. The first-order chi connectivity index (χ1) is 12.1. The van der Waals surface area contributed by atoms with Crippen molar-refractivity contribution < 1.29 is 13.9 Å². The molecule has 0 unspecified atom stereocenters. The SMILES string of the molecule is O=Nc1ccc(Oc2ccc3nc(NC(=O)C4CC4)sc3c2)c(F)c1. The molecule has 3 aromatic rings. The molecule has 1 N–H and O–H groups in total. The molecule has 6 nitrogen and oxygen atoms in total. The number of hydrogen-bond acceptors (Lipinski definition) is 6. The second-order valence-corrected chi connectivity index (χ2v) is 6.75. The van der Waals surface area contributed by atoms with Crippen LogP contribution < -0.4 is 10.1 Å². The van der Waals surface area contributed by atoms with E-state index in [9.17, 15) is 14.1 Å². The number of nitroso groups, excluding NO2 is 1.